The number of hydrogen-bond donors (Lipinski definition) is 2. The minimum Gasteiger partial charge on any atom is -0.333 e. The fourth-order valence-electron chi connectivity index (χ4n) is 3.47. The molecule has 0 saturated carbocycles. The Hall–Kier alpha value is -2.15. The van der Waals surface area contributed by atoms with Crippen molar-refractivity contribution in [2.75, 3.05) is 5.32 Å². The van der Waals surface area contributed by atoms with E-state index in [1.165, 1.54) is 0 Å². The van der Waals surface area contributed by atoms with Gasteiger partial charge in [-0.15, -0.1) is 0 Å². The molecule has 7 heteroatoms. The van der Waals surface area contributed by atoms with E-state index >= 15 is 0 Å². The van der Waals surface area contributed by atoms with E-state index in [2.05, 4.69) is 39.2 Å². The predicted molar refractivity (Wildman–Crippen MR) is 88.9 cm³/mol. The molecule has 1 amide bonds. The van der Waals surface area contributed by atoms with Crippen molar-refractivity contribution in [3.05, 3.63) is 18.5 Å². The number of carbonyl (C=O) groups excluding carboxylic acids is 1. The van der Waals surface area contributed by atoms with E-state index in [4.69, 9.17) is 0 Å². The Kier molecular flexibility index (Phi) is 4.21. The van der Waals surface area contributed by atoms with Crippen molar-refractivity contribution in [3.8, 4) is 11.5 Å². The van der Waals surface area contributed by atoms with Crippen molar-refractivity contribution in [2.45, 2.75) is 51.7 Å². The summed E-state index contributed by atoms with van der Waals surface area (Å²) in [5.74, 6) is 1.29. The molecule has 0 radical (unpaired) electrons. The number of rotatable bonds is 4. The number of aryl methyl sites for hydroxylation is 1. The average Bonchev–Trinajstić information content (AvgIpc) is 3.20. The highest BCUT2D eigenvalue weighted by molar-refractivity contribution is 5.94. The van der Waals surface area contributed by atoms with E-state index in [0.29, 0.717) is 17.9 Å². The molecule has 0 aliphatic carbocycles. The van der Waals surface area contributed by atoms with Crippen LogP contribution in [-0.4, -0.2) is 48.7 Å². The van der Waals surface area contributed by atoms with Gasteiger partial charge >= 0.3 is 0 Å². The van der Waals surface area contributed by atoms with E-state index < -0.39 is 0 Å². The molecule has 1 aliphatic rings. The van der Waals surface area contributed by atoms with E-state index in [-0.39, 0.29) is 11.9 Å². The summed E-state index contributed by atoms with van der Waals surface area (Å²) in [6.45, 7) is 6.32. The van der Waals surface area contributed by atoms with Crippen LogP contribution in [0.4, 0.5) is 5.82 Å². The first-order chi connectivity index (χ1) is 11.0. The van der Waals surface area contributed by atoms with Crippen LogP contribution in [0.3, 0.4) is 0 Å². The van der Waals surface area contributed by atoms with Crippen LogP contribution in [0.25, 0.3) is 11.5 Å². The number of imidazole rings is 1. The fraction of sp³-hybridized carbons (Fsp3) is 0.562. The third-order valence-electron chi connectivity index (χ3n) is 4.74. The van der Waals surface area contributed by atoms with Crippen LogP contribution in [0, 0.1) is 0 Å². The van der Waals surface area contributed by atoms with Gasteiger partial charge in [-0.05, 0) is 33.6 Å². The molecule has 3 rings (SSSR count). The first kappa shape index (κ1) is 15.7. The molecule has 2 aromatic heterocycles. The van der Waals surface area contributed by atoms with Gasteiger partial charge in [-0.1, -0.05) is 0 Å². The van der Waals surface area contributed by atoms with Gasteiger partial charge in [0.1, 0.15) is 5.69 Å². The lowest BCUT2D eigenvalue weighted by Crippen LogP contribution is -2.46. The number of nitrogens with zero attached hydrogens (tertiary/aromatic N) is 4. The summed E-state index contributed by atoms with van der Waals surface area (Å²) in [4.78, 5) is 19.1. The van der Waals surface area contributed by atoms with Gasteiger partial charge in [-0.25, -0.2) is 4.98 Å². The number of anilines is 1. The molecule has 7 nitrogen and oxygen atoms in total. The largest absolute Gasteiger partial charge is 0.333 e. The van der Waals surface area contributed by atoms with Crippen molar-refractivity contribution in [1.82, 2.24) is 24.6 Å². The summed E-state index contributed by atoms with van der Waals surface area (Å²) in [6.07, 6.45) is 5.88. The second-order valence-electron chi connectivity index (χ2n) is 6.42. The number of aromatic nitrogens is 4. The van der Waals surface area contributed by atoms with Gasteiger partial charge in [0.05, 0.1) is 6.04 Å². The lowest BCUT2D eigenvalue weighted by molar-refractivity contribution is -0.121. The maximum absolute atomic E-state index is 12.5. The van der Waals surface area contributed by atoms with Crippen LogP contribution in [-0.2, 0) is 11.8 Å². The highest BCUT2D eigenvalue weighted by Crippen LogP contribution is 2.26. The van der Waals surface area contributed by atoms with E-state index in [1.807, 2.05) is 30.8 Å². The van der Waals surface area contributed by atoms with Crippen LogP contribution in [0.15, 0.2) is 18.5 Å². The molecule has 124 valence electrons. The number of carbonyl (C=O) groups is 1. The van der Waals surface area contributed by atoms with Crippen LogP contribution in [0.1, 0.15) is 33.6 Å². The summed E-state index contributed by atoms with van der Waals surface area (Å²) < 4.78 is 1.90. The maximum Gasteiger partial charge on any atom is 0.242 e. The van der Waals surface area contributed by atoms with Gasteiger partial charge in [0.25, 0.3) is 0 Å². The molecule has 0 unspecified atom stereocenters. The predicted octanol–water partition coefficient (Wildman–Crippen LogP) is 2.01. The molecule has 0 bridgehead atoms. The van der Waals surface area contributed by atoms with Gasteiger partial charge < -0.3 is 9.88 Å². The third kappa shape index (κ3) is 3.01. The van der Waals surface area contributed by atoms with Crippen molar-refractivity contribution in [3.63, 3.8) is 0 Å². The molecule has 3 heterocycles. The van der Waals surface area contributed by atoms with Crippen molar-refractivity contribution < 1.29 is 4.79 Å². The molecule has 3 atom stereocenters. The van der Waals surface area contributed by atoms with Crippen molar-refractivity contribution in [1.29, 1.82) is 0 Å². The Labute approximate surface area is 136 Å². The monoisotopic (exact) mass is 316 g/mol. The zero-order valence-corrected chi connectivity index (χ0v) is 14.1. The minimum atomic E-state index is -0.171. The van der Waals surface area contributed by atoms with E-state index in [9.17, 15) is 4.79 Å². The average molecular weight is 316 g/mol. The summed E-state index contributed by atoms with van der Waals surface area (Å²) in [5.41, 5.74) is 0.781. The molecule has 1 saturated heterocycles. The topological polar surface area (TPSA) is 78.8 Å². The Morgan fingerprint density at radius 2 is 2.09 bits per heavy atom. The second-order valence-corrected chi connectivity index (χ2v) is 6.42. The Bertz CT molecular complexity index is 680. The summed E-state index contributed by atoms with van der Waals surface area (Å²) in [6, 6.07) is 2.51. The lowest BCUT2D eigenvalue weighted by atomic mass is 10.2. The van der Waals surface area contributed by atoms with Gasteiger partial charge in [-0.3, -0.25) is 14.8 Å². The fourth-order valence-corrected chi connectivity index (χ4v) is 3.47. The second kappa shape index (κ2) is 6.16. The lowest BCUT2D eigenvalue weighted by Gasteiger charge is -2.31. The number of hydrogen-bond acceptors (Lipinski definition) is 4. The number of amides is 1. The Balaban J connectivity index is 1.69. The molecule has 2 aromatic rings. The highest BCUT2D eigenvalue weighted by atomic mass is 16.2. The van der Waals surface area contributed by atoms with Gasteiger partial charge in [0.2, 0.25) is 5.91 Å². The van der Waals surface area contributed by atoms with Gasteiger partial charge in [0, 0.05) is 37.6 Å². The molecular formula is C16H24N6O. The normalized spacial score (nSPS) is 23.1. The van der Waals surface area contributed by atoms with Crippen LogP contribution in [0.5, 0.6) is 0 Å². The molecule has 1 aliphatic heterocycles. The van der Waals surface area contributed by atoms with Crippen LogP contribution >= 0.6 is 0 Å². The molecule has 2 N–H and O–H groups in total. The summed E-state index contributed by atoms with van der Waals surface area (Å²) in [5, 5.41) is 9.99. The number of nitrogens with one attached hydrogen (secondary N) is 2. The molecule has 1 fully saturated rings. The number of likely N-dealkylation sites (tertiary alicyclic amines) is 1. The number of H-pyrrole nitrogens is 1. The molecular weight excluding hydrogens is 292 g/mol. The molecule has 0 spiro atoms. The van der Waals surface area contributed by atoms with Crippen molar-refractivity contribution in [2.24, 2.45) is 7.05 Å². The first-order valence-corrected chi connectivity index (χ1v) is 8.08. The standard InChI is InChI=1S/C16H24N6O/c1-10-5-6-11(2)22(10)12(3)16(23)18-14-9-13(19-20-14)15-17-7-8-21(15)4/h7-12H,5-6H2,1-4H3,(H2,18,19,20,23)/t10-,11-,12+/m1/s1. The maximum atomic E-state index is 12.5. The third-order valence-corrected chi connectivity index (χ3v) is 4.74. The molecule has 0 aromatic carbocycles. The summed E-state index contributed by atoms with van der Waals surface area (Å²) >= 11 is 0. The van der Waals surface area contributed by atoms with Crippen molar-refractivity contribution >= 4 is 11.7 Å². The summed E-state index contributed by atoms with van der Waals surface area (Å²) in [7, 11) is 1.92. The molecule has 23 heavy (non-hydrogen) atoms. The highest BCUT2D eigenvalue weighted by Gasteiger charge is 2.34. The smallest absolute Gasteiger partial charge is 0.242 e. The zero-order valence-electron chi connectivity index (χ0n) is 14.1. The van der Waals surface area contributed by atoms with Crippen LogP contribution in [0.2, 0.25) is 0 Å². The van der Waals surface area contributed by atoms with Gasteiger partial charge in [0.15, 0.2) is 11.6 Å². The number of aromatic amines is 1. The zero-order chi connectivity index (χ0) is 16.6. The Morgan fingerprint density at radius 1 is 1.39 bits per heavy atom. The first-order valence-electron chi connectivity index (χ1n) is 8.08. The Morgan fingerprint density at radius 3 is 2.70 bits per heavy atom. The van der Waals surface area contributed by atoms with Crippen LogP contribution < -0.4 is 5.32 Å². The minimum absolute atomic E-state index is 0.0245. The van der Waals surface area contributed by atoms with Gasteiger partial charge in [-0.2, -0.15) is 5.10 Å². The quantitative estimate of drug-likeness (QED) is 0.904. The van der Waals surface area contributed by atoms with E-state index in [0.717, 1.165) is 24.4 Å². The van der Waals surface area contributed by atoms with E-state index in [1.54, 1.807) is 6.20 Å². The SMILES string of the molecule is C[C@@H]1CC[C@@H](C)N1[C@@H](C)C(=O)Nc1cc(-c2nccn2C)[nH]n1.